The molecule has 0 radical (unpaired) electrons. The van der Waals surface area contributed by atoms with Crippen LogP contribution in [0.25, 0.3) is 11.0 Å². The van der Waals surface area contributed by atoms with Crippen molar-refractivity contribution in [2.45, 2.75) is 19.8 Å². The summed E-state index contributed by atoms with van der Waals surface area (Å²) in [7, 11) is 2.08. The monoisotopic (exact) mass is 244 g/mol. The van der Waals surface area contributed by atoms with E-state index in [1.54, 1.807) is 0 Å². The third-order valence-corrected chi connectivity index (χ3v) is 3.82. The molecule has 0 spiro atoms. The Hall–Kier alpha value is -1.71. The number of benzene rings is 1. The number of fused-ring (bicyclic) bond motifs is 1. The number of hydrogen-bond acceptors (Lipinski definition) is 3. The average molecular weight is 244 g/mol. The van der Waals surface area contributed by atoms with Gasteiger partial charge in [0.05, 0.1) is 11.0 Å². The highest BCUT2D eigenvalue weighted by Crippen LogP contribution is 2.26. The van der Waals surface area contributed by atoms with Gasteiger partial charge in [0.1, 0.15) is 0 Å². The number of aryl methyl sites for hydroxylation is 1. The summed E-state index contributed by atoms with van der Waals surface area (Å²) in [5.74, 6) is 1.82. The minimum Gasteiger partial charge on any atom is -0.399 e. The number of nitrogens with zero attached hydrogens (tertiary/aromatic N) is 3. The van der Waals surface area contributed by atoms with Crippen LogP contribution >= 0.6 is 0 Å². The van der Waals surface area contributed by atoms with E-state index in [0.717, 1.165) is 41.7 Å². The van der Waals surface area contributed by atoms with E-state index < -0.39 is 0 Å². The standard InChI is InChI=1S/C14H20N4/c1-10-4-3-7-18(9-10)14-16-12-8-11(15)5-6-13(12)17(14)2/h5-6,8,10H,3-4,7,9,15H2,1-2H3/t10-/m1/s1. The van der Waals surface area contributed by atoms with E-state index in [4.69, 9.17) is 10.7 Å². The molecule has 1 saturated heterocycles. The normalized spacial score (nSPS) is 20.6. The van der Waals surface area contributed by atoms with Gasteiger partial charge in [0.2, 0.25) is 5.95 Å². The van der Waals surface area contributed by atoms with Gasteiger partial charge in [-0.15, -0.1) is 0 Å². The molecular formula is C14H20N4. The van der Waals surface area contributed by atoms with E-state index in [0.29, 0.717) is 0 Å². The fourth-order valence-corrected chi connectivity index (χ4v) is 2.86. The molecular weight excluding hydrogens is 224 g/mol. The first-order valence-corrected chi connectivity index (χ1v) is 6.62. The Labute approximate surface area is 107 Å². The lowest BCUT2D eigenvalue weighted by molar-refractivity contribution is 0.440. The van der Waals surface area contributed by atoms with Crippen LogP contribution in [0.2, 0.25) is 0 Å². The molecule has 1 aliphatic rings. The Morgan fingerprint density at radius 1 is 1.39 bits per heavy atom. The number of piperidine rings is 1. The van der Waals surface area contributed by atoms with Crippen LogP contribution in [0.3, 0.4) is 0 Å². The van der Waals surface area contributed by atoms with Crippen molar-refractivity contribution in [3.8, 4) is 0 Å². The highest BCUT2D eigenvalue weighted by atomic mass is 15.3. The van der Waals surface area contributed by atoms with E-state index in [9.17, 15) is 0 Å². The van der Waals surface area contributed by atoms with Crippen LogP contribution in [0.4, 0.5) is 11.6 Å². The molecule has 0 amide bonds. The molecule has 0 bridgehead atoms. The molecule has 0 saturated carbocycles. The molecule has 2 heterocycles. The molecule has 1 fully saturated rings. The first-order valence-electron chi connectivity index (χ1n) is 6.62. The zero-order valence-electron chi connectivity index (χ0n) is 11.1. The van der Waals surface area contributed by atoms with Gasteiger partial charge < -0.3 is 15.2 Å². The second-order valence-electron chi connectivity index (χ2n) is 5.41. The Morgan fingerprint density at radius 2 is 2.22 bits per heavy atom. The van der Waals surface area contributed by atoms with E-state index in [2.05, 4.69) is 29.5 Å². The molecule has 1 aliphatic heterocycles. The second kappa shape index (κ2) is 4.19. The van der Waals surface area contributed by atoms with Crippen molar-refractivity contribution >= 4 is 22.7 Å². The van der Waals surface area contributed by atoms with E-state index in [1.165, 1.54) is 12.8 Å². The summed E-state index contributed by atoms with van der Waals surface area (Å²) >= 11 is 0. The van der Waals surface area contributed by atoms with E-state index >= 15 is 0 Å². The van der Waals surface area contributed by atoms with Crippen molar-refractivity contribution in [2.24, 2.45) is 13.0 Å². The van der Waals surface area contributed by atoms with Crippen molar-refractivity contribution in [2.75, 3.05) is 23.7 Å². The van der Waals surface area contributed by atoms with Crippen LogP contribution in [0.15, 0.2) is 18.2 Å². The molecule has 4 heteroatoms. The Kier molecular flexibility index (Phi) is 2.65. The first kappa shape index (κ1) is 11.4. The van der Waals surface area contributed by atoms with Crippen molar-refractivity contribution in [3.63, 3.8) is 0 Å². The maximum Gasteiger partial charge on any atom is 0.206 e. The van der Waals surface area contributed by atoms with Crippen molar-refractivity contribution < 1.29 is 0 Å². The molecule has 96 valence electrons. The van der Waals surface area contributed by atoms with Gasteiger partial charge in [-0.05, 0) is 37.0 Å². The predicted molar refractivity (Wildman–Crippen MR) is 75.7 cm³/mol. The lowest BCUT2D eigenvalue weighted by Gasteiger charge is -2.31. The van der Waals surface area contributed by atoms with Gasteiger partial charge in [-0.2, -0.15) is 0 Å². The Morgan fingerprint density at radius 3 is 3.00 bits per heavy atom. The number of hydrogen-bond donors (Lipinski definition) is 1. The molecule has 3 rings (SSSR count). The number of nitrogen functional groups attached to an aromatic ring is 1. The summed E-state index contributed by atoms with van der Waals surface area (Å²) < 4.78 is 2.17. The summed E-state index contributed by atoms with van der Waals surface area (Å²) in [6.45, 7) is 4.52. The molecule has 4 nitrogen and oxygen atoms in total. The summed E-state index contributed by atoms with van der Waals surface area (Å²) in [5, 5.41) is 0. The van der Waals surface area contributed by atoms with Gasteiger partial charge in [-0.3, -0.25) is 0 Å². The summed E-state index contributed by atoms with van der Waals surface area (Å²) in [6.07, 6.45) is 2.58. The third-order valence-electron chi connectivity index (χ3n) is 3.82. The summed E-state index contributed by atoms with van der Waals surface area (Å²) in [6, 6.07) is 5.94. The predicted octanol–water partition coefficient (Wildman–Crippen LogP) is 2.39. The van der Waals surface area contributed by atoms with Crippen molar-refractivity contribution in [3.05, 3.63) is 18.2 Å². The average Bonchev–Trinajstić information content (AvgIpc) is 2.66. The van der Waals surface area contributed by atoms with Crippen LogP contribution in [-0.4, -0.2) is 22.6 Å². The first-order chi connectivity index (χ1) is 8.65. The van der Waals surface area contributed by atoms with Gasteiger partial charge >= 0.3 is 0 Å². The van der Waals surface area contributed by atoms with Gasteiger partial charge in [0.15, 0.2) is 0 Å². The fraction of sp³-hybridized carbons (Fsp3) is 0.500. The highest BCUT2D eigenvalue weighted by molar-refractivity contribution is 5.81. The molecule has 0 aliphatic carbocycles. The van der Waals surface area contributed by atoms with Crippen LogP contribution < -0.4 is 10.6 Å². The van der Waals surface area contributed by atoms with Crippen LogP contribution in [0.1, 0.15) is 19.8 Å². The molecule has 18 heavy (non-hydrogen) atoms. The van der Waals surface area contributed by atoms with Gasteiger partial charge in [0.25, 0.3) is 0 Å². The number of imidazole rings is 1. The topological polar surface area (TPSA) is 47.1 Å². The van der Waals surface area contributed by atoms with Gasteiger partial charge in [0, 0.05) is 25.8 Å². The van der Waals surface area contributed by atoms with Crippen LogP contribution in [-0.2, 0) is 7.05 Å². The Balaban J connectivity index is 2.03. The van der Waals surface area contributed by atoms with Gasteiger partial charge in [-0.25, -0.2) is 4.98 Å². The molecule has 2 N–H and O–H groups in total. The zero-order chi connectivity index (χ0) is 12.7. The number of rotatable bonds is 1. The molecule has 1 aromatic carbocycles. The lowest BCUT2D eigenvalue weighted by Crippen LogP contribution is -2.35. The fourth-order valence-electron chi connectivity index (χ4n) is 2.86. The molecule has 1 atom stereocenters. The maximum atomic E-state index is 5.82. The van der Waals surface area contributed by atoms with Crippen LogP contribution in [0, 0.1) is 5.92 Å². The molecule has 2 aromatic rings. The number of nitrogens with two attached hydrogens (primary N) is 1. The van der Waals surface area contributed by atoms with Crippen LogP contribution in [0.5, 0.6) is 0 Å². The summed E-state index contributed by atoms with van der Waals surface area (Å²) in [5.41, 5.74) is 8.74. The lowest BCUT2D eigenvalue weighted by atomic mass is 10.0. The Bertz CT molecular complexity index is 572. The molecule has 0 unspecified atom stereocenters. The van der Waals surface area contributed by atoms with Gasteiger partial charge in [-0.1, -0.05) is 6.92 Å². The minimum absolute atomic E-state index is 0.753. The minimum atomic E-state index is 0.753. The number of aromatic nitrogens is 2. The smallest absolute Gasteiger partial charge is 0.206 e. The van der Waals surface area contributed by atoms with Crippen molar-refractivity contribution in [1.29, 1.82) is 0 Å². The zero-order valence-corrected chi connectivity index (χ0v) is 11.1. The SMILES string of the molecule is C[C@@H]1CCCN(c2nc3cc(N)ccc3n2C)C1. The highest BCUT2D eigenvalue weighted by Gasteiger charge is 2.20. The largest absolute Gasteiger partial charge is 0.399 e. The third kappa shape index (κ3) is 1.82. The van der Waals surface area contributed by atoms with E-state index in [-0.39, 0.29) is 0 Å². The quantitative estimate of drug-likeness (QED) is 0.783. The summed E-state index contributed by atoms with van der Waals surface area (Å²) in [4.78, 5) is 7.13. The maximum absolute atomic E-state index is 5.82. The van der Waals surface area contributed by atoms with Crippen molar-refractivity contribution in [1.82, 2.24) is 9.55 Å². The molecule has 1 aromatic heterocycles. The second-order valence-corrected chi connectivity index (χ2v) is 5.41. The van der Waals surface area contributed by atoms with E-state index in [1.807, 2.05) is 12.1 Å². The number of anilines is 2.